The van der Waals surface area contributed by atoms with Crippen LogP contribution in [0.5, 0.6) is 11.5 Å². The summed E-state index contributed by atoms with van der Waals surface area (Å²) in [5, 5.41) is 7.34. The highest BCUT2D eigenvalue weighted by Gasteiger charge is 2.32. The van der Waals surface area contributed by atoms with Crippen LogP contribution in [0.3, 0.4) is 0 Å². The molecule has 0 saturated heterocycles. The molecule has 0 fully saturated rings. The molecule has 4 rings (SSSR count). The summed E-state index contributed by atoms with van der Waals surface area (Å²) >= 11 is 0. The zero-order chi connectivity index (χ0) is 21.3. The lowest BCUT2D eigenvalue weighted by Gasteiger charge is -2.28. The van der Waals surface area contributed by atoms with E-state index in [9.17, 15) is 4.79 Å². The maximum absolute atomic E-state index is 12.2. The quantitative estimate of drug-likeness (QED) is 0.653. The first-order valence-corrected chi connectivity index (χ1v) is 9.52. The van der Waals surface area contributed by atoms with Crippen LogP contribution in [-0.2, 0) is 11.4 Å². The molecule has 154 valence electrons. The number of nitrogens with zero attached hydrogens (tertiary/aromatic N) is 3. The highest BCUT2D eigenvalue weighted by molar-refractivity contribution is 5.95. The second-order valence-electron chi connectivity index (χ2n) is 7.08. The number of allylic oxidation sites excluding steroid dienone is 1. The van der Waals surface area contributed by atoms with Crippen LogP contribution < -0.4 is 20.5 Å². The Labute approximate surface area is 174 Å². The molecule has 1 aliphatic rings. The molecule has 0 bridgehead atoms. The van der Waals surface area contributed by atoms with E-state index in [0.717, 1.165) is 16.7 Å². The summed E-state index contributed by atoms with van der Waals surface area (Å²) in [5.74, 6) is 1.19. The zero-order valence-electron chi connectivity index (χ0n) is 17.0. The summed E-state index contributed by atoms with van der Waals surface area (Å²) < 4.78 is 13.2. The van der Waals surface area contributed by atoms with Gasteiger partial charge >= 0.3 is 0 Å². The van der Waals surface area contributed by atoms with Crippen LogP contribution in [0.4, 0.5) is 5.95 Å². The van der Waals surface area contributed by atoms with Crippen molar-refractivity contribution >= 4 is 11.9 Å². The fourth-order valence-corrected chi connectivity index (χ4v) is 3.62. The molecule has 1 aromatic heterocycles. The normalized spacial score (nSPS) is 15.4. The van der Waals surface area contributed by atoms with E-state index in [1.54, 1.807) is 18.7 Å². The van der Waals surface area contributed by atoms with E-state index < -0.39 is 11.9 Å². The van der Waals surface area contributed by atoms with Crippen molar-refractivity contribution < 1.29 is 14.3 Å². The van der Waals surface area contributed by atoms with Gasteiger partial charge in [-0.25, -0.2) is 4.68 Å². The SMILES string of the molecule is COc1cc(C2C(C(N)=O)=C(C)Nc3ncnn32)ccc1OCc1ccccc1C. The largest absolute Gasteiger partial charge is 0.493 e. The number of fused-ring (bicyclic) bond motifs is 1. The molecule has 0 spiro atoms. The van der Waals surface area contributed by atoms with Gasteiger partial charge in [0.25, 0.3) is 0 Å². The highest BCUT2D eigenvalue weighted by atomic mass is 16.5. The van der Waals surface area contributed by atoms with Crippen LogP contribution in [0.2, 0.25) is 0 Å². The molecule has 0 saturated carbocycles. The number of ether oxygens (including phenoxy) is 2. The van der Waals surface area contributed by atoms with Crippen molar-refractivity contribution in [3.63, 3.8) is 0 Å². The minimum absolute atomic E-state index is 0.420. The molecule has 3 aromatic rings. The smallest absolute Gasteiger partial charge is 0.248 e. The molecule has 2 aromatic carbocycles. The Morgan fingerprint density at radius 3 is 2.73 bits per heavy atom. The van der Waals surface area contributed by atoms with Crippen molar-refractivity contribution in [2.75, 3.05) is 12.4 Å². The van der Waals surface area contributed by atoms with Crippen LogP contribution in [0.15, 0.2) is 60.1 Å². The molecular weight excluding hydrogens is 382 g/mol. The first-order chi connectivity index (χ1) is 14.5. The minimum Gasteiger partial charge on any atom is -0.493 e. The third-order valence-corrected chi connectivity index (χ3v) is 5.21. The Hall–Kier alpha value is -3.81. The number of amides is 1. The molecule has 8 heteroatoms. The first-order valence-electron chi connectivity index (χ1n) is 9.52. The fraction of sp³-hybridized carbons (Fsp3) is 0.227. The number of nitrogens with two attached hydrogens (primary N) is 1. The Bertz CT molecular complexity index is 1140. The lowest BCUT2D eigenvalue weighted by molar-refractivity contribution is -0.115. The number of benzene rings is 2. The van der Waals surface area contributed by atoms with E-state index in [1.165, 1.54) is 6.33 Å². The van der Waals surface area contributed by atoms with E-state index >= 15 is 0 Å². The number of carbonyl (C=O) groups excluding carboxylic acids is 1. The van der Waals surface area contributed by atoms with Crippen LogP contribution in [0.1, 0.15) is 29.7 Å². The monoisotopic (exact) mass is 405 g/mol. The van der Waals surface area contributed by atoms with Gasteiger partial charge in [-0.3, -0.25) is 4.79 Å². The molecule has 0 radical (unpaired) electrons. The minimum atomic E-state index is -0.523. The number of nitrogens with one attached hydrogen (secondary N) is 1. The summed E-state index contributed by atoms with van der Waals surface area (Å²) in [6.45, 7) is 4.27. The number of anilines is 1. The van der Waals surface area contributed by atoms with E-state index in [4.69, 9.17) is 15.2 Å². The molecule has 1 unspecified atom stereocenters. The average Bonchev–Trinajstić information content (AvgIpc) is 3.20. The van der Waals surface area contributed by atoms with E-state index in [-0.39, 0.29) is 0 Å². The van der Waals surface area contributed by atoms with Crippen LogP contribution >= 0.6 is 0 Å². The average molecular weight is 405 g/mol. The molecule has 1 aliphatic heterocycles. The van der Waals surface area contributed by atoms with Crippen LogP contribution in [0.25, 0.3) is 0 Å². The third-order valence-electron chi connectivity index (χ3n) is 5.21. The summed E-state index contributed by atoms with van der Waals surface area (Å²) in [6.07, 6.45) is 1.43. The van der Waals surface area contributed by atoms with Gasteiger partial charge in [0.1, 0.15) is 19.0 Å². The predicted molar refractivity (Wildman–Crippen MR) is 112 cm³/mol. The van der Waals surface area contributed by atoms with E-state index in [2.05, 4.69) is 15.4 Å². The summed E-state index contributed by atoms with van der Waals surface area (Å²) in [5.41, 5.74) is 9.80. The Kier molecular flexibility index (Phi) is 5.14. The number of aryl methyl sites for hydroxylation is 1. The molecule has 8 nitrogen and oxygen atoms in total. The number of primary amides is 1. The second kappa shape index (κ2) is 7.90. The molecular formula is C22H23N5O3. The lowest BCUT2D eigenvalue weighted by Crippen LogP contribution is -2.31. The van der Waals surface area contributed by atoms with Crippen molar-refractivity contribution in [2.24, 2.45) is 5.73 Å². The van der Waals surface area contributed by atoms with Crippen molar-refractivity contribution in [2.45, 2.75) is 26.5 Å². The number of hydrogen-bond donors (Lipinski definition) is 2. The number of methoxy groups -OCH3 is 1. The van der Waals surface area contributed by atoms with Gasteiger partial charge in [-0.1, -0.05) is 30.3 Å². The summed E-state index contributed by atoms with van der Waals surface area (Å²) in [4.78, 5) is 16.4. The van der Waals surface area contributed by atoms with E-state index in [1.807, 2.05) is 49.4 Å². The van der Waals surface area contributed by atoms with Crippen molar-refractivity contribution in [3.05, 3.63) is 76.8 Å². The maximum atomic E-state index is 12.2. The van der Waals surface area contributed by atoms with Gasteiger partial charge in [0.05, 0.1) is 12.7 Å². The Morgan fingerprint density at radius 2 is 2.00 bits per heavy atom. The van der Waals surface area contributed by atoms with Crippen molar-refractivity contribution in [1.82, 2.24) is 14.8 Å². The van der Waals surface area contributed by atoms with Crippen LogP contribution in [0, 0.1) is 6.92 Å². The standard InChI is InChI=1S/C22H23N5O3/c1-13-6-4-5-7-16(13)11-30-17-9-8-15(10-18(17)29-3)20-19(21(23)28)14(2)26-22-24-12-25-27(20)22/h4-10,12,20H,11H2,1-3H3,(H2,23,28)(H,24,25,26). The predicted octanol–water partition coefficient (Wildman–Crippen LogP) is 2.95. The number of hydrogen-bond acceptors (Lipinski definition) is 6. The van der Waals surface area contributed by atoms with Crippen molar-refractivity contribution in [3.8, 4) is 11.5 Å². The highest BCUT2D eigenvalue weighted by Crippen LogP contribution is 2.38. The van der Waals surface area contributed by atoms with Gasteiger partial charge in [-0.15, -0.1) is 0 Å². The molecule has 2 heterocycles. The number of aromatic nitrogens is 3. The lowest BCUT2D eigenvalue weighted by atomic mass is 9.95. The Morgan fingerprint density at radius 1 is 1.20 bits per heavy atom. The van der Waals surface area contributed by atoms with Gasteiger partial charge in [0, 0.05) is 5.70 Å². The maximum Gasteiger partial charge on any atom is 0.248 e. The molecule has 1 amide bonds. The molecule has 30 heavy (non-hydrogen) atoms. The fourth-order valence-electron chi connectivity index (χ4n) is 3.62. The van der Waals surface area contributed by atoms with Gasteiger partial charge < -0.3 is 20.5 Å². The van der Waals surface area contributed by atoms with E-state index in [0.29, 0.717) is 35.3 Å². The van der Waals surface area contributed by atoms with Crippen molar-refractivity contribution in [1.29, 1.82) is 0 Å². The molecule has 0 aliphatic carbocycles. The number of carbonyl (C=O) groups is 1. The first kappa shape index (κ1) is 19.5. The molecule has 1 atom stereocenters. The van der Waals surface area contributed by atoms with Gasteiger partial charge in [0.2, 0.25) is 11.9 Å². The third kappa shape index (κ3) is 3.47. The van der Waals surface area contributed by atoms with Gasteiger partial charge in [-0.2, -0.15) is 10.1 Å². The number of rotatable bonds is 6. The summed E-state index contributed by atoms with van der Waals surface area (Å²) in [7, 11) is 1.58. The second-order valence-corrected chi connectivity index (χ2v) is 7.08. The van der Waals surface area contributed by atoms with Gasteiger partial charge in [0.15, 0.2) is 11.5 Å². The topological polar surface area (TPSA) is 104 Å². The zero-order valence-corrected chi connectivity index (χ0v) is 17.0. The summed E-state index contributed by atoms with van der Waals surface area (Å²) in [6, 6.07) is 13.1. The molecule has 3 N–H and O–H groups in total. The van der Waals surface area contributed by atoms with Gasteiger partial charge in [-0.05, 0) is 42.7 Å². The Balaban J connectivity index is 1.69. The van der Waals surface area contributed by atoms with Crippen LogP contribution in [-0.4, -0.2) is 27.8 Å².